The fourth-order valence-corrected chi connectivity index (χ4v) is 2.05. The van der Waals surface area contributed by atoms with Crippen molar-refractivity contribution in [3.8, 4) is 5.75 Å². The fourth-order valence-electron chi connectivity index (χ4n) is 2.05. The molecule has 2 rings (SSSR count). The molecule has 2 aromatic rings. The second kappa shape index (κ2) is 4.65. The van der Waals surface area contributed by atoms with Gasteiger partial charge in [0.1, 0.15) is 5.75 Å². The Morgan fingerprint density at radius 1 is 0.889 bits per heavy atom. The van der Waals surface area contributed by atoms with Crippen molar-refractivity contribution in [1.82, 2.24) is 0 Å². The quantitative estimate of drug-likeness (QED) is 0.815. The Balaban J connectivity index is 2.51. The first kappa shape index (κ1) is 12.4. The molecule has 18 heavy (non-hydrogen) atoms. The molecule has 0 amide bonds. The van der Waals surface area contributed by atoms with Gasteiger partial charge in [0.05, 0.1) is 5.56 Å². The molecule has 0 bridgehead atoms. The van der Waals surface area contributed by atoms with E-state index >= 15 is 0 Å². The lowest BCUT2D eigenvalue weighted by molar-refractivity contribution is 0.103. The highest BCUT2D eigenvalue weighted by Gasteiger charge is 2.15. The zero-order valence-electron chi connectivity index (χ0n) is 10.8. The highest BCUT2D eigenvalue weighted by Crippen LogP contribution is 2.23. The SMILES string of the molecule is Cc1ccc(C(=O)c2cc(C)ccc2O)c(C)c1. The van der Waals surface area contributed by atoms with Crippen LogP contribution in [0.25, 0.3) is 0 Å². The highest BCUT2D eigenvalue weighted by atomic mass is 16.3. The van der Waals surface area contributed by atoms with E-state index < -0.39 is 0 Å². The van der Waals surface area contributed by atoms with E-state index in [4.69, 9.17) is 0 Å². The highest BCUT2D eigenvalue weighted by molar-refractivity contribution is 6.11. The molecular formula is C16H16O2. The molecule has 0 radical (unpaired) electrons. The molecule has 0 atom stereocenters. The number of aryl methyl sites for hydroxylation is 3. The second-order valence-electron chi connectivity index (χ2n) is 4.67. The van der Waals surface area contributed by atoms with E-state index in [9.17, 15) is 9.90 Å². The number of carbonyl (C=O) groups is 1. The summed E-state index contributed by atoms with van der Waals surface area (Å²) in [7, 11) is 0. The topological polar surface area (TPSA) is 37.3 Å². The zero-order chi connectivity index (χ0) is 13.3. The van der Waals surface area contributed by atoms with E-state index in [0.29, 0.717) is 11.1 Å². The zero-order valence-corrected chi connectivity index (χ0v) is 10.8. The summed E-state index contributed by atoms with van der Waals surface area (Å²) in [6, 6.07) is 10.8. The van der Waals surface area contributed by atoms with Crippen LogP contribution in [0.1, 0.15) is 32.6 Å². The normalized spacial score (nSPS) is 10.4. The Labute approximate surface area is 107 Å². The molecule has 0 fully saturated rings. The van der Waals surface area contributed by atoms with Crippen molar-refractivity contribution >= 4 is 5.78 Å². The number of phenolic OH excluding ortho intramolecular Hbond substituents is 1. The maximum atomic E-state index is 12.4. The van der Waals surface area contributed by atoms with Crippen molar-refractivity contribution in [2.45, 2.75) is 20.8 Å². The van der Waals surface area contributed by atoms with Gasteiger partial charge in [-0.05, 0) is 38.5 Å². The summed E-state index contributed by atoms with van der Waals surface area (Å²) in [4.78, 5) is 12.4. The maximum Gasteiger partial charge on any atom is 0.197 e. The van der Waals surface area contributed by atoms with E-state index in [2.05, 4.69) is 0 Å². The average molecular weight is 240 g/mol. The first-order chi connectivity index (χ1) is 8.49. The molecule has 1 N–H and O–H groups in total. The third-order valence-corrected chi connectivity index (χ3v) is 3.02. The molecule has 0 aromatic heterocycles. The molecule has 0 heterocycles. The number of benzene rings is 2. The van der Waals surface area contributed by atoms with E-state index in [1.54, 1.807) is 18.2 Å². The second-order valence-corrected chi connectivity index (χ2v) is 4.67. The largest absolute Gasteiger partial charge is 0.507 e. The molecule has 0 aliphatic heterocycles. The van der Waals surface area contributed by atoms with Crippen molar-refractivity contribution in [3.63, 3.8) is 0 Å². The monoisotopic (exact) mass is 240 g/mol. The van der Waals surface area contributed by atoms with Gasteiger partial charge in [0, 0.05) is 5.56 Å². The average Bonchev–Trinajstić information content (AvgIpc) is 2.31. The Morgan fingerprint density at radius 2 is 1.50 bits per heavy atom. The van der Waals surface area contributed by atoms with Crippen molar-refractivity contribution in [2.75, 3.05) is 0 Å². The first-order valence-corrected chi connectivity index (χ1v) is 5.90. The lowest BCUT2D eigenvalue weighted by atomic mass is 9.96. The maximum absolute atomic E-state index is 12.4. The number of ketones is 1. The number of carbonyl (C=O) groups excluding carboxylic acids is 1. The summed E-state index contributed by atoms with van der Waals surface area (Å²) < 4.78 is 0. The van der Waals surface area contributed by atoms with Gasteiger partial charge in [0.25, 0.3) is 0 Å². The third-order valence-electron chi connectivity index (χ3n) is 3.02. The fraction of sp³-hybridized carbons (Fsp3) is 0.188. The van der Waals surface area contributed by atoms with Crippen LogP contribution in [0.4, 0.5) is 0 Å². The lowest BCUT2D eigenvalue weighted by Gasteiger charge is -2.08. The lowest BCUT2D eigenvalue weighted by Crippen LogP contribution is -2.04. The van der Waals surface area contributed by atoms with Crippen LogP contribution in [0.15, 0.2) is 36.4 Å². The summed E-state index contributed by atoms with van der Waals surface area (Å²) in [5, 5.41) is 9.79. The summed E-state index contributed by atoms with van der Waals surface area (Å²) in [5.74, 6) is -0.0979. The molecule has 0 aliphatic rings. The summed E-state index contributed by atoms with van der Waals surface area (Å²) >= 11 is 0. The van der Waals surface area contributed by atoms with E-state index in [-0.39, 0.29) is 11.5 Å². The van der Waals surface area contributed by atoms with Crippen molar-refractivity contribution in [1.29, 1.82) is 0 Å². The van der Waals surface area contributed by atoms with Gasteiger partial charge in [-0.1, -0.05) is 35.4 Å². The summed E-state index contributed by atoms with van der Waals surface area (Å²) in [6.07, 6.45) is 0. The van der Waals surface area contributed by atoms with Crippen LogP contribution in [0, 0.1) is 20.8 Å². The summed E-state index contributed by atoms with van der Waals surface area (Å²) in [6.45, 7) is 5.80. The Kier molecular flexibility index (Phi) is 3.19. The van der Waals surface area contributed by atoms with Crippen LogP contribution in [-0.4, -0.2) is 10.9 Å². The minimum absolute atomic E-state index is 0.0329. The van der Waals surface area contributed by atoms with Crippen LogP contribution in [0.5, 0.6) is 5.75 Å². The Morgan fingerprint density at radius 3 is 2.17 bits per heavy atom. The van der Waals surface area contributed by atoms with Crippen LogP contribution >= 0.6 is 0 Å². The number of aromatic hydroxyl groups is 1. The van der Waals surface area contributed by atoms with Gasteiger partial charge in [-0.2, -0.15) is 0 Å². The van der Waals surface area contributed by atoms with Crippen molar-refractivity contribution in [3.05, 3.63) is 64.2 Å². The molecule has 0 spiro atoms. The molecule has 0 aliphatic carbocycles. The van der Waals surface area contributed by atoms with Crippen LogP contribution in [0.3, 0.4) is 0 Å². The Bertz CT molecular complexity index is 612. The van der Waals surface area contributed by atoms with Crippen LogP contribution in [-0.2, 0) is 0 Å². The van der Waals surface area contributed by atoms with Crippen LogP contribution < -0.4 is 0 Å². The van der Waals surface area contributed by atoms with Crippen molar-refractivity contribution < 1.29 is 9.90 Å². The molecule has 2 heteroatoms. The van der Waals surface area contributed by atoms with Gasteiger partial charge in [0.15, 0.2) is 5.78 Å². The van der Waals surface area contributed by atoms with Crippen LogP contribution in [0.2, 0.25) is 0 Å². The molecule has 0 saturated heterocycles. The smallest absolute Gasteiger partial charge is 0.197 e. The van der Waals surface area contributed by atoms with Gasteiger partial charge in [-0.25, -0.2) is 0 Å². The minimum atomic E-state index is -0.131. The molecule has 2 aromatic carbocycles. The molecule has 0 saturated carbocycles. The van der Waals surface area contributed by atoms with Gasteiger partial charge in [-0.15, -0.1) is 0 Å². The number of hydrogen-bond donors (Lipinski definition) is 1. The Hall–Kier alpha value is -2.09. The minimum Gasteiger partial charge on any atom is -0.507 e. The van der Waals surface area contributed by atoms with Crippen molar-refractivity contribution in [2.24, 2.45) is 0 Å². The van der Waals surface area contributed by atoms with Gasteiger partial charge < -0.3 is 5.11 Å². The van der Waals surface area contributed by atoms with E-state index in [1.165, 1.54) is 0 Å². The standard InChI is InChI=1S/C16H16O2/c1-10-4-6-13(12(3)8-10)16(18)14-9-11(2)5-7-15(14)17/h4-9,17H,1-3H3. The molecular weight excluding hydrogens is 224 g/mol. The molecule has 2 nitrogen and oxygen atoms in total. The third kappa shape index (κ3) is 2.28. The van der Waals surface area contributed by atoms with Gasteiger partial charge in [-0.3, -0.25) is 4.79 Å². The van der Waals surface area contributed by atoms with E-state index in [0.717, 1.165) is 16.7 Å². The first-order valence-electron chi connectivity index (χ1n) is 5.90. The number of rotatable bonds is 2. The predicted molar refractivity (Wildman–Crippen MR) is 72.2 cm³/mol. The predicted octanol–water partition coefficient (Wildman–Crippen LogP) is 3.55. The molecule has 0 unspecified atom stereocenters. The van der Waals surface area contributed by atoms with E-state index in [1.807, 2.05) is 39.0 Å². The number of hydrogen-bond acceptors (Lipinski definition) is 2. The van der Waals surface area contributed by atoms with Gasteiger partial charge in [0.2, 0.25) is 0 Å². The molecule has 92 valence electrons. The summed E-state index contributed by atoms with van der Waals surface area (Å²) in [5.41, 5.74) is 4.02. The van der Waals surface area contributed by atoms with Gasteiger partial charge >= 0.3 is 0 Å². The number of phenols is 1.